The molecule has 1 aliphatic rings. The van der Waals surface area contributed by atoms with E-state index in [1.807, 2.05) is 0 Å². The first kappa shape index (κ1) is 18.9. The number of piperidine rings is 1. The van der Waals surface area contributed by atoms with Crippen LogP contribution in [0.1, 0.15) is 18.4 Å². The number of amides is 1. The van der Waals surface area contributed by atoms with E-state index in [1.165, 1.54) is 18.2 Å². The third-order valence-electron chi connectivity index (χ3n) is 4.14. The third-order valence-corrected chi connectivity index (χ3v) is 4.38. The fourth-order valence-corrected chi connectivity index (χ4v) is 3.07. The molecule has 8 heteroatoms. The Bertz CT molecular complexity index is 561. The minimum absolute atomic E-state index is 0.000743. The second-order valence-electron chi connectivity index (χ2n) is 5.78. The van der Waals surface area contributed by atoms with Crippen LogP contribution in [0.25, 0.3) is 0 Å². The molecule has 0 aliphatic carbocycles. The number of alkyl halides is 2. The highest BCUT2D eigenvalue weighted by Crippen LogP contribution is 2.30. The smallest absolute Gasteiger partial charge is 0.387 e. The number of benzene rings is 1. The van der Waals surface area contributed by atoms with Crippen LogP contribution < -0.4 is 15.4 Å². The van der Waals surface area contributed by atoms with Gasteiger partial charge in [0.2, 0.25) is 5.91 Å². The van der Waals surface area contributed by atoms with E-state index in [0.717, 1.165) is 13.1 Å². The summed E-state index contributed by atoms with van der Waals surface area (Å²) in [5.74, 6) is -0.158. The van der Waals surface area contributed by atoms with Gasteiger partial charge in [0.05, 0.1) is 12.0 Å². The van der Waals surface area contributed by atoms with E-state index in [9.17, 15) is 13.6 Å². The molecule has 1 aromatic carbocycles. The van der Waals surface area contributed by atoms with E-state index in [1.54, 1.807) is 7.11 Å². The number of carbonyl (C=O) groups is 1. The summed E-state index contributed by atoms with van der Waals surface area (Å²) in [6.45, 7) is -1.11. The molecule has 1 aliphatic heterocycles. The SMILES string of the molecule is COCC1(C(=O)NCc2cc(Cl)ccc2OC(F)F)CCNCC1. The Morgan fingerprint density at radius 2 is 2.12 bits per heavy atom. The molecule has 0 bridgehead atoms. The van der Waals surface area contributed by atoms with Gasteiger partial charge < -0.3 is 20.1 Å². The van der Waals surface area contributed by atoms with Crippen LogP contribution in [0.15, 0.2) is 18.2 Å². The monoisotopic (exact) mass is 362 g/mol. The van der Waals surface area contributed by atoms with E-state index in [2.05, 4.69) is 15.4 Å². The van der Waals surface area contributed by atoms with Crippen LogP contribution in [0.4, 0.5) is 8.78 Å². The van der Waals surface area contributed by atoms with Gasteiger partial charge in [0.25, 0.3) is 0 Å². The van der Waals surface area contributed by atoms with Crippen molar-refractivity contribution in [3.8, 4) is 5.75 Å². The molecule has 1 heterocycles. The highest BCUT2D eigenvalue weighted by Gasteiger charge is 2.39. The quantitative estimate of drug-likeness (QED) is 0.782. The maximum atomic E-state index is 12.7. The van der Waals surface area contributed by atoms with Crippen molar-refractivity contribution in [2.45, 2.75) is 26.0 Å². The molecule has 0 aromatic heterocycles. The lowest BCUT2D eigenvalue weighted by atomic mass is 9.78. The summed E-state index contributed by atoms with van der Waals surface area (Å²) in [4.78, 5) is 12.7. The number of rotatable bonds is 7. The maximum Gasteiger partial charge on any atom is 0.387 e. The van der Waals surface area contributed by atoms with Gasteiger partial charge >= 0.3 is 6.61 Å². The van der Waals surface area contributed by atoms with Crippen LogP contribution in [0.3, 0.4) is 0 Å². The van der Waals surface area contributed by atoms with Gasteiger partial charge in [-0.2, -0.15) is 8.78 Å². The van der Waals surface area contributed by atoms with Crippen LogP contribution in [-0.4, -0.2) is 39.3 Å². The van der Waals surface area contributed by atoms with Crippen molar-refractivity contribution in [1.82, 2.24) is 10.6 Å². The number of carbonyl (C=O) groups excluding carboxylic acids is 1. The number of halogens is 3. The van der Waals surface area contributed by atoms with Gasteiger partial charge in [0.15, 0.2) is 0 Å². The van der Waals surface area contributed by atoms with E-state index in [4.69, 9.17) is 16.3 Å². The minimum Gasteiger partial charge on any atom is -0.434 e. The second-order valence-corrected chi connectivity index (χ2v) is 6.21. The number of methoxy groups -OCH3 is 1. The Kier molecular flexibility index (Phi) is 6.77. The normalized spacial score (nSPS) is 16.9. The summed E-state index contributed by atoms with van der Waals surface area (Å²) in [5, 5.41) is 6.40. The van der Waals surface area contributed by atoms with Gasteiger partial charge in [-0.15, -0.1) is 0 Å². The molecule has 134 valence electrons. The Morgan fingerprint density at radius 3 is 2.75 bits per heavy atom. The highest BCUT2D eigenvalue weighted by molar-refractivity contribution is 6.30. The summed E-state index contributed by atoms with van der Waals surface area (Å²) >= 11 is 5.91. The summed E-state index contributed by atoms with van der Waals surface area (Å²) in [7, 11) is 1.56. The molecule has 0 unspecified atom stereocenters. The lowest BCUT2D eigenvalue weighted by Gasteiger charge is -2.35. The van der Waals surface area contributed by atoms with E-state index < -0.39 is 12.0 Å². The third kappa shape index (κ3) is 4.78. The molecule has 0 radical (unpaired) electrons. The fourth-order valence-electron chi connectivity index (χ4n) is 2.88. The molecule has 2 rings (SSSR count). The van der Waals surface area contributed by atoms with Gasteiger partial charge in [0, 0.05) is 24.2 Å². The van der Waals surface area contributed by atoms with Crippen molar-refractivity contribution in [2.75, 3.05) is 26.8 Å². The van der Waals surface area contributed by atoms with Crippen molar-refractivity contribution in [3.05, 3.63) is 28.8 Å². The maximum absolute atomic E-state index is 12.7. The second kappa shape index (κ2) is 8.60. The number of nitrogens with one attached hydrogen (secondary N) is 2. The molecule has 24 heavy (non-hydrogen) atoms. The Morgan fingerprint density at radius 1 is 1.42 bits per heavy atom. The molecule has 1 fully saturated rings. The zero-order valence-electron chi connectivity index (χ0n) is 13.4. The molecular formula is C16H21ClF2N2O3. The summed E-state index contributed by atoms with van der Waals surface area (Å²) in [5.41, 5.74) is -0.208. The average molecular weight is 363 g/mol. The predicted molar refractivity (Wildman–Crippen MR) is 86.3 cm³/mol. The first-order chi connectivity index (χ1) is 11.5. The highest BCUT2D eigenvalue weighted by atomic mass is 35.5. The molecule has 0 atom stereocenters. The molecule has 1 aromatic rings. The summed E-state index contributed by atoms with van der Waals surface area (Å²) < 4.78 is 34.7. The van der Waals surface area contributed by atoms with E-state index >= 15 is 0 Å². The standard InChI is InChI=1S/C16H21ClF2N2O3/c1-23-10-16(4-6-20-7-5-16)14(22)21-9-11-8-12(17)2-3-13(11)24-15(18)19/h2-3,8,15,20H,4-7,9-10H2,1H3,(H,21,22). The van der Waals surface area contributed by atoms with Gasteiger partial charge in [-0.25, -0.2) is 0 Å². The number of hydrogen-bond acceptors (Lipinski definition) is 4. The van der Waals surface area contributed by atoms with Crippen LogP contribution in [-0.2, 0) is 16.1 Å². The lowest BCUT2D eigenvalue weighted by molar-refractivity contribution is -0.136. The number of ether oxygens (including phenoxy) is 2. The fraction of sp³-hybridized carbons (Fsp3) is 0.562. The van der Waals surface area contributed by atoms with Crippen LogP contribution in [0.2, 0.25) is 5.02 Å². The van der Waals surface area contributed by atoms with Gasteiger partial charge in [-0.05, 0) is 44.1 Å². The minimum atomic E-state index is -2.94. The van der Waals surface area contributed by atoms with Crippen LogP contribution in [0, 0.1) is 5.41 Å². The first-order valence-electron chi connectivity index (χ1n) is 7.68. The van der Waals surface area contributed by atoms with Crippen LogP contribution in [0.5, 0.6) is 5.75 Å². The zero-order chi connectivity index (χ0) is 17.6. The van der Waals surface area contributed by atoms with Crippen molar-refractivity contribution in [3.63, 3.8) is 0 Å². The molecule has 5 nitrogen and oxygen atoms in total. The molecule has 1 saturated heterocycles. The molecule has 2 N–H and O–H groups in total. The zero-order valence-corrected chi connectivity index (χ0v) is 14.2. The van der Waals surface area contributed by atoms with E-state index in [-0.39, 0.29) is 18.2 Å². The van der Waals surface area contributed by atoms with Gasteiger partial charge in [-0.1, -0.05) is 11.6 Å². The largest absolute Gasteiger partial charge is 0.434 e. The Balaban J connectivity index is 2.08. The van der Waals surface area contributed by atoms with Gasteiger partial charge in [0.1, 0.15) is 5.75 Å². The van der Waals surface area contributed by atoms with Gasteiger partial charge in [-0.3, -0.25) is 4.79 Å². The number of hydrogen-bond donors (Lipinski definition) is 2. The molecule has 0 spiro atoms. The van der Waals surface area contributed by atoms with E-state index in [0.29, 0.717) is 30.0 Å². The van der Waals surface area contributed by atoms with Crippen molar-refractivity contribution >= 4 is 17.5 Å². The average Bonchev–Trinajstić information content (AvgIpc) is 2.55. The summed E-state index contributed by atoms with van der Waals surface area (Å²) in [6, 6.07) is 4.33. The molecule has 1 amide bonds. The molecular weight excluding hydrogens is 342 g/mol. The Hall–Kier alpha value is -1.44. The predicted octanol–water partition coefficient (Wildman–Crippen LogP) is 2.57. The van der Waals surface area contributed by atoms with Crippen molar-refractivity contribution < 1.29 is 23.0 Å². The summed E-state index contributed by atoms with van der Waals surface area (Å²) in [6.07, 6.45) is 1.31. The Labute approximate surface area is 144 Å². The molecule has 0 saturated carbocycles. The van der Waals surface area contributed by atoms with Crippen molar-refractivity contribution in [2.24, 2.45) is 5.41 Å². The van der Waals surface area contributed by atoms with Crippen LogP contribution >= 0.6 is 11.6 Å². The topological polar surface area (TPSA) is 59.6 Å². The lowest BCUT2D eigenvalue weighted by Crippen LogP contribution is -2.50. The van der Waals surface area contributed by atoms with Crippen molar-refractivity contribution in [1.29, 1.82) is 0 Å². The first-order valence-corrected chi connectivity index (χ1v) is 8.06.